The minimum Gasteiger partial charge on any atom is -0.488 e. The van der Waals surface area contributed by atoms with E-state index in [0.29, 0.717) is 4.90 Å². The van der Waals surface area contributed by atoms with Crippen LogP contribution in [-0.4, -0.2) is 59.7 Å². The predicted octanol–water partition coefficient (Wildman–Crippen LogP) is 2.00. The fourth-order valence-electron chi connectivity index (χ4n) is 3.61. The molecule has 2 saturated heterocycles. The third-order valence-electron chi connectivity index (χ3n) is 5.24. The van der Waals surface area contributed by atoms with Crippen LogP contribution in [0.1, 0.15) is 57.6 Å². The van der Waals surface area contributed by atoms with Crippen molar-refractivity contribution in [2.24, 2.45) is 0 Å². The van der Waals surface area contributed by atoms with Gasteiger partial charge in [0.25, 0.3) is 5.91 Å². The van der Waals surface area contributed by atoms with Gasteiger partial charge in [-0.3, -0.25) is 24.6 Å². The number of rotatable bonds is 6. The Labute approximate surface area is 214 Å². The molecule has 0 saturated carbocycles. The molecule has 1 atom stereocenters. The molecule has 3 aliphatic rings. The minimum atomic E-state index is -3.48. The average Bonchev–Trinajstić information content (AvgIpc) is 3.29. The van der Waals surface area contributed by atoms with Crippen LogP contribution in [0, 0.1) is 5.82 Å². The zero-order chi connectivity index (χ0) is 35.3. The highest BCUT2D eigenvalue weighted by Crippen LogP contribution is 2.34. The molecular formula is C25H26FN3O5. The van der Waals surface area contributed by atoms with Gasteiger partial charge < -0.3 is 14.4 Å². The van der Waals surface area contributed by atoms with E-state index in [1.165, 1.54) is 30.3 Å². The first-order chi connectivity index (χ1) is 21.3. The van der Waals surface area contributed by atoms with Crippen molar-refractivity contribution in [2.75, 3.05) is 26.1 Å². The van der Waals surface area contributed by atoms with Crippen LogP contribution in [0.3, 0.4) is 0 Å². The molecule has 0 aliphatic carbocycles. The molecule has 2 aromatic carbocycles. The van der Waals surface area contributed by atoms with E-state index in [9.17, 15) is 14.4 Å². The van der Waals surface area contributed by atoms with E-state index < -0.39 is 88.1 Å². The Kier molecular flexibility index (Phi) is 3.33. The van der Waals surface area contributed by atoms with Gasteiger partial charge in [-0.25, -0.2) is 4.39 Å². The molecule has 5 rings (SSSR count). The van der Waals surface area contributed by atoms with Crippen molar-refractivity contribution in [3.63, 3.8) is 0 Å². The van der Waals surface area contributed by atoms with Crippen molar-refractivity contribution in [3.8, 4) is 5.75 Å². The zero-order valence-corrected chi connectivity index (χ0v) is 17.4. The number of benzene rings is 2. The lowest BCUT2D eigenvalue weighted by atomic mass is 10.0. The molecule has 0 bridgehead atoms. The Morgan fingerprint density at radius 3 is 2.82 bits per heavy atom. The minimum absolute atomic E-state index is 0.0273. The van der Waals surface area contributed by atoms with Gasteiger partial charge in [0.2, 0.25) is 11.8 Å². The summed E-state index contributed by atoms with van der Waals surface area (Å²) in [5.41, 5.74) is -0.173. The summed E-state index contributed by atoms with van der Waals surface area (Å²) in [6, 6.07) is 4.21. The number of morpholine rings is 1. The number of nitrogens with one attached hydrogen (secondary N) is 1. The first-order valence-corrected chi connectivity index (χ1v) is 10.0. The van der Waals surface area contributed by atoms with Gasteiger partial charge in [0.15, 0.2) is 0 Å². The molecule has 2 fully saturated rings. The monoisotopic (exact) mass is 480 g/mol. The van der Waals surface area contributed by atoms with E-state index in [-0.39, 0.29) is 32.9 Å². The zero-order valence-electron chi connectivity index (χ0n) is 30.4. The van der Waals surface area contributed by atoms with Gasteiger partial charge in [-0.05, 0) is 30.1 Å². The van der Waals surface area contributed by atoms with Gasteiger partial charge in [0, 0.05) is 53.6 Å². The maximum atomic E-state index is 15.2. The molecule has 9 heteroatoms. The van der Waals surface area contributed by atoms with Crippen molar-refractivity contribution in [1.82, 2.24) is 15.1 Å². The summed E-state index contributed by atoms with van der Waals surface area (Å²) in [5.74, 6) is -5.10. The van der Waals surface area contributed by atoms with E-state index in [0.717, 1.165) is 6.07 Å². The van der Waals surface area contributed by atoms with Gasteiger partial charge in [-0.15, -0.1) is 0 Å². The fraction of sp³-hybridized carbons (Fsp3) is 0.400. The number of carbonyl (C=O) groups is 3. The summed E-state index contributed by atoms with van der Waals surface area (Å²) in [7, 11) is 0. The molecule has 0 spiro atoms. The number of imide groups is 1. The number of nitrogens with zero attached hydrogens (tertiary/aromatic N) is 2. The average molecular weight is 481 g/mol. The van der Waals surface area contributed by atoms with E-state index in [2.05, 4.69) is 4.74 Å². The highest BCUT2D eigenvalue weighted by Gasteiger charge is 2.40. The van der Waals surface area contributed by atoms with Gasteiger partial charge in [-0.2, -0.15) is 0 Å². The maximum absolute atomic E-state index is 15.2. The molecule has 8 nitrogen and oxygen atoms in total. The summed E-state index contributed by atoms with van der Waals surface area (Å²) >= 11 is 0. The number of carbonyl (C=O) groups excluding carboxylic acids is 3. The molecule has 0 aromatic heterocycles. The largest absolute Gasteiger partial charge is 0.488 e. The van der Waals surface area contributed by atoms with Crippen molar-refractivity contribution in [2.45, 2.75) is 38.5 Å². The number of ether oxygens (including phenoxy) is 2. The standard InChI is InChI=1S/C25H26FN3O5/c26-20-12-16(13-28-8-10-33-11-9-28)4-5-17(20)15-34-22-3-1-2-18-19(22)14-29(25(18)32)21-6-7-23(30)27-24(21)31/h1-5,12,21H,6-11,13-15H2,(H,27,30,31)/i6D2,7D2,8D2,9D2,10D2,11D2,21D. The lowest BCUT2D eigenvalue weighted by molar-refractivity contribution is -0.136. The first-order valence-electron chi connectivity index (χ1n) is 16.5. The van der Waals surface area contributed by atoms with Gasteiger partial charge in [0.1, 0.15) is 24.2 Å². The van der Waals surface area contributed by atoms with E-state index in [4.69, 9.17) is 22.6 Å². The Bertz CT molecular complexity index is 1670. The Morgan fingerprint density at radius 2 is 2.03 bits per heavy atom. The number of amides is 3. The molecule has 3 amide bonds. The number of hydrogen-bond acceptors (Lipinski definition) is 6. The molecule has 3 heterocycles. The Balaban J connectivity index is 1.37. The Hall–Kier alpha value is -3.30. The number of halogens is 1. The first kappa shape index (κ1) is 11.9. The highest BCUT2D eigenvalue weighted by atomic mass is 19.1. The van der Waals surface area contributed by atoms with Crippen LogP contribution in [-0.2, 0) is 34.0 Å². The second kappa shape index (κ2) is 9.52. The van der Waals surface area contributed by atoms with Crippen LogP contribution in [0.5, 0.6) is 5.75 Å². The smallest absolute Gasteiger partial charge is 0.255 e. The molecule has 178 valence electrons. The van der Waals surface area contributed by atoms with Gasteiger partial charge in [-0.1, -0.05) is 18.2 Å². The Morgan fingerprint density at radius 1 is 1.21 bits per heavy atom. The summed E-state index contributed by atoms with van der Waals surface area (Å²) in [4.78, 5) is 38.8. The van der Waals surface area contributed by atoms with E-state index in [1.54, 1.807) is 5.32 Å². The van der Waals surface area contributed by atoms with Crippen LogP contribution >= 0.6 is 0 Å². The normalized spacial score (nSPS) is 37.6. The molecule has 2 aromatic rings. The van der Waals surface area contributed by atoms with E-state index >= 15 is 4.39 Å². The van der Waals surface area contributed by atoms with Crippen molar-refractivity contribution in [3.05, 3.63) is 64.5 Å². The van der Waals surface area contributed by atoms with Crippen LogP contribution < -0.4 is 10.1 Å². The topological polar surface area (TPSA) is 88.2 Å². The molecular weight excluding hydrogens is 441 g/mol. The van der Waals surface area contributed by atoms with Crippen molar-refractivity contribution >= 4 is 17.7 Å². The SMILES string of the molecule is [2H]C1([2H])OC([2H])([2H])C([2H])([2H])N(Cc2ccc(COc3cccc4c3CN(C3([2H])C(=O)NC(=O)C([2H])([2H])C3([2H])[2H])C4=O)c(F)c2)C1([2H])[2H]. The van der Waals surface area contributed by atoms with Crippen LogP contribution in [0.2, 0.25) is 0 Å². The van der Waals surface area contributed by atoms with Gasteiger partial charge >= 0.3 is 0 Å². The van der Waals surface area contributed by atoms with Crippen LogP contribution in [0.4, 0.5) is 4.39 Å². The third-order valence-corrected chi connectivity index (χ3v) is 5.24. The molecule has 1 unspecified atom stereocenters. The second-order valence-corrected chi connectivity index (χ2v) is 7.39. The summed E-state index contributed by atoms with van der Waals surface area (Å²) in [5, 5.41) is 1.62. The summed E-state index contributed by atoms with van der Waals surface area (Å²) in [6.07, 6.45) is -6.83. The predicted molar refractivity (Wildman–Crippen MR) is 119 cm³/mol. The lowest BCUT2D eigenvalue weighted by Crippen LogP contribution is -2.52. The molecule has 1 N–H and O–H groups in total. The fourth-order valence-corrected chi connectivity index (χ4v) is 3.61. The van der Waals surface area contributed by atoms with Crippen molar-refractivity contribution in [1.29, 1.82) is 0 Å². The number of fused-ring (bicyclic) bond motifs is 1. The van der Waals surface area contributed by atoms with E-state index in [1.807, 2.05) is 0 Å². The summed E-state index contributed by atoms with van der Waals surface area (Å²) < 4.78 is 130. The molecule has 0 radical (unpaired) electrons. The summed E-state index contributed by atoms with van der Waals surface area (Å²) in [6.45, 7) is -14.7. The van der Waals surface area contributed by atoms with Gasteiger partial charge in [0.05, 0.1) is 26.5 Å². The van der Waals surface area contributed by atoms with Crippen LogP contribution in [0.15, 0.2) is 36.4 Å². The lowest BCUT2D eigenvalue weighted by Gasteiger charge is -2.29. The molecule has 3 aliphatic heterocycles. The highest BCUT2D eigenvalue weighted by molar-refractivity contribution is 6.05. The number of hydrogen-bond donors (Lipinski definition) is 1. The van der Waals surface area contributed by atoms with Crippen LogP contribution in [0.25, 0.3) is 0 Å². The third kappa shape index (κ3) is 4.53. The number of piperidine rings is 1. The maximum Gasteiger partial charge on any atom is 0.255 e. The molecule has 34 heavy (non-hydrogen) atoms. The second-order valence-electron chi connectivity index (χ2n) is 7.39. The van der Waals surface area contributed by atoms with Crippen molar-refractivity contribution < 1.29 is 46.1 Å². The quantitative estimate of drug-likeness (QED) is 0.637.